The first-order valence-corrected chi connectivity index (χ1v) is 12.2. The molecule has 2 N–H and O–H groups in total. The normalized spacial score (nSPS) is 13.9. The molecule has 184 valence electrons. The predicted molar refractivity (Wildman–Crippen MR) is 128 cm³/mol. The van der Waals surface area contributed by atoms with E-state index in [9.17, 15) is 22.0 Å². The number of carbonyl (C=O) groups is 1. The number of benzene rings is 3. The molecule has 1 aliphatic heterocycles. The number of ether oxygens (including phenoxy) is 2. The molecule has 35 heavy (non-hydrogen) atoms. The van der Waals surface area contributed by atoms with E-state index in [1.165, 1.54) is 19.2 Å². The van der Waals surface area contributed by atoms with Gasteiger partial charge in [-0.05, 0) is 42.5 Å². The van der Waals surface area contributed by atoms with E-state index in [1.807, 2.05) is 4.90 Å². The topological polar surface area (TPSA) is 97.0 Å². The summed E-state index contributed by atoms with van der Waals surface area (Å²) in [5.41, 5.74) is 0.406. The van der Waals surface area contributed by atoms with E-state index in [0.29, 0.717) is 43.8 Å². The second-order valence-corrected chi connectivity index (χ2v) is 9.32. The molecule has 0 saturated carbocycles. The summed E-state index contributed by atoms with van der Waals surface area (Å²) < 4.78 is 67.4. The average molecular weight is 504 g/mol. The second-order valence-electron chi connectivity index (χ2n) is 7.67. The van der Waals surface area contributed by atoms with Crippen LogP contribution in [0.2, 0.25) is 0 Å². The van der Waals surface area contributed by atoms with Gasteiger partial charge in [0.15, 0.2) is 0 Å². The Labute approximate surface area is 201 Å². The lowest BCUT2D eigenvalue weighted by atomic mass is 10.2. The van der Waals surface area contributed by atoms with Gasteiger partial charge >= 0.3 is 0 Å². The summed E-state index contributed by atoms with van der Waals surface area (Å²) in [5.74, 6) is -2.36. The quantitative estimate of drug-likeness (QED) is 0.508. The molecule has 0 atom stereocenters. The Morgan fingerprint density at radius 3 is 2.49 bits per heavy atom. The molecule has 1 saturated heterocycles. The van der Waals surface area contributed by atoms with E-state index >= 15 is 0 Å². The van der Waals surface area contributed by atoms with Crippen molar-refractivity contribution in [3.05, 3.63) is 77.9 Å². The fourth-order valence-electron chi connectivity index (χ4n) is 3.67. The van der Waals surface area contributed by atoms with Gasteiger partial charge in [-0.3, -0.25) is 9.52 Å². The lowest BCUT2D eigenvalue weighted by Gasteiger charge is -2.30. The maximum absolute atomic E-state index is 14.1. The van der Waals surface area contributed by atoms with Crippen molar-refractivity contribution in [2.24, 2.45) is 0 Å². The van der Waals surface area contributed by atoms with Gasteiger partial charge in [0, 0.05) is 24.8 Å². The van der Waals surface area contributed by atoms with Crippen LogP contribution in [0.1, 0.15) is 10.4 Å². The zero-order valence-corrected chi connectivity index (χ0v) is 19.6. The predicted octanol–water partition coefficient (Wildman–Crippen LogP) is 3.86. The summed E-state index contributed by atoms with van der Waals surface area (Å²) in [6.45, 7) is 1.82. The summed E-state index contributed by atoms with van der Waals surface area (Å²) in [6.07, 6.45) is 0. The second kappa shape index (κ2) is 10.3. The van der Waals surface area contributed by atoms with Crippen LogP contribution in [-0.2, 0) is 14.8 Å². The standard InChI is InChI=1S/C24H23F2N3O5S/c1-33-22-5-3-2-4-20(22)28-35(31,32)23-15-17(7-9-21(23)29-10-12-34-13-11-29)27-24(30)18-8-6-16(25)14-19(18)26/h2-9,14-15,28H,10-13H2,1H3,(H,27,30). The molecule has 1 aliphatic rings. The number of morpholine rings is 1. The Morgan fingerprint density at radius 2 is 1.77 bits per heavy atom. The minimum absolute atomic E-state index is 0.0947. The van der Waals surface area contributed by atoms with Crippen molar-refractivity contribution >= 4 is 33.0 Å². The van der Waals surface area contributed by atoms with Crippen LogP contribution in [0.5, 0.6) is 5.75 Å². The Bertz CT molecular complexity index is 1340. The molecule has 0 spiro atoms. The highest BCUT2D eigenvalue weighted by Gasteiger charge is 2.26. The van der Waals surface area contributed by atoms with Crippen molar-refractivity contribution in [3.8, 4) is 5.75 Å². The molecule has 4 rings (SSSR count). The molecule has 3 aromatic rings. The van der Waals surface area contributed by atoms with Crippen LogP contribution in [-0.4, -0.2) is 47.7 Å². The molecule has 1 fully saturated rings. The fraction of sp³-hybridized carbons (Fsp3) is 0.208. The van der Waals surface area contributed by atoms with E-state index in [1.54, 1.807) is 30.3 Å². The zero-order valence-electron chi connectivity index (χ0n) is 18.8. The molecule has 1 amide bonds. The number of nitrogens with one attached hydrogen (secondary N) is 2. The van der Waals surface area contributed by atoms with Crippen LogP contribution < -0.4 is 19.7 Å². The molecular formula is C24H23F2N3O5S. The third-order valence-electron chi connectivity index (χ3n) is 5.39. The van der Waals surface area contributed by atoms with Crippen molar-refractivity contribution in [3.63, 3.8) is 0 Å². The average Bonchev–Trinajstić information content (AvgIpc) is 2.84. The van der Waals surface area contributed by atoms with Gasteiger partial charge in [0.25, 0.3) is 15.9 Å². The molecular weight excluding hydrogens is 480 g/mol. The summed E-state index contributed by atoms with van der Waals surface area (Å²) >= 11 is 0. The summed E-state index contributed by atoms with van der Waals surface area (Å²) in [5, 5.41) is 2.49. The first-order chi connectivity index (χ1) is 16.8. The first-order valence-electron chi connectivity index (χ1n) is 10.7. The Kier molecular flexibility index (Phi) is 7.17. The number of methoxy groups -OCH3 is 1. The third kappa shape index (κ3) is 5.52. The fourth-order valence-corrected chi connectivity index (χ4v) is 5.00. The molecule has 8 nitrogen and oxygen atoms in total. The highest BCUT2D eigenvalue weighted by Crippen LogP contribution is 2.33. The van der Waals surface area contributed by atoms with Crippen molar-refractivity contribution in [1.82, 2.24) is 0 Å². The van der Waals surface area contributed by atoms with E-state index < -0.39 is 27.6 Å². The molecule has 11 heteroatoms. The van der Waals surface area contributed by atoms with Crippen molar-refractivity contribution < 1.29 is 31.5 Å². The minimum atomic E-state index is -4.15. The van der Waals surface area contributed by atoms with Crippen molar-refractivity contribution in [2.75, 3.05) is 48.4 Å². The summed E-state index contributed by atoms with van der Waals surface area (Å²) in [7, 11) is -2.72. The Balaban J connectivity index is 1.71. The minimum Gasteiger partial charge on any atom is -0.495 e. The van der Waals surface area contributed by atoms with Crippen LogP contribution in [0.4, 0.5) is 25.8 Å². The van der Waals surface area contributed by atoms with Crippen molar-refractivity contribution in [2.45, 2.75) is 4.90 Å². The Morgan fingerprint density at radius 1 is 1.03 bits per heavy atom. The number of halogens is 2. The molecule has 0 unspecified atom stereocenters. The number of sulfonamides is 1. The number of amides is 1. The highest BCUT2D eigenvalue weighted by atomic mass is 32.2. The van der Waals surface area contributed by atoms with Crippen LogP contribution in [0, 0.1) is 11.6 Å². The monoisotopic (exact) mass is 503 g/mol. The van der Waals surface area contributed by atoms with Crippen LogP contribution in [0.3, 0.4) is 0 Å². The zero-order chi connectivity index (χ0) is 25.0. The Hall–Kier alpha value is -3.70. The van der Waals surface area contributed by atoms with Gasteiger partial charge in [-0.25, -0.2) is 17.2 Å². The molecule has 0 aromatic heterocycles. The maximum atomic E-state index is 14.1. The van der Waals surface area contributed by atoms with Gasteiger partial charge in [-0.1, -0.05) is 12.1 Å². The maximum Gasteiger partial charge on any atom is 0.264 e. The van der Waals surface area contributed by atoms with Gasteiger partial charge in [0.1, 0.15) is 22.3 Å². The number of anilines is 3. The van der Waals surface area contributed by atoms with Crippen molar-refractivity contribution in [1.29, 1.82) is 0 Å². The number of nitrogens with zero attached hydrogens (tertiary/aromatic N) is 1. The third-order valence-corrected chi connectivity index (χ3v) is 6.78. The first kappa shape index (κ1) is 24.4. The summed E-state index contributed by atoms with van der Waals surface area (Å²) in [6, 6.07) is 13.5. The largest absolute Gasteiger partial charge is 0.495 e. The van der Waals surface area contributed by atoms with E-state index in [0.717, 1.165) is 12.1 Å². The number of hydrogen-bond acceptors (Lipinski definition) is 6. The summed E-state index contributed by atoms with van der Waals surface area (Å²) in [4.78, 5) is 14.4. The van der Waals surface area contributed by atoms with Crippen LogP contribution in [0.25, 0.3) is 0 Å². The molecule has 1 heterocycles. The number of rotatable bonds is 7. The number of carbonyl (C=O) groups excluding carboxylic acids is 1. The van der Waals surface area contributed by atoms with Crippen LogP contribution in [0.15, 0.2) is 65.6 Å². The molecule has 0 radical (unpaired) electrons. The lowest BCUT2D eigenvalue weighted by Crippen LogP contribution is -2.37. The van der Waals surface area contributed by atoms with Gasteiger partial charge in [-0.15, -0.1) is 0 Å². The van der Waals surface area contributed by atoms with E-state index in [4.69, 9.17) is 9.47 Å². The number of para-hydroxylation sites is 2. The van der Waals surface area contributed by atoms with Gasteiger partial charge < -0.3 is 19.7 Å². The SMILES string of the molecule is COc1ccccc1NS(=O)(=O)c1cc(NC(=O)c2ccc(F)cc2F)ccc1N1CCOCC1. The van der Waals surface area contributed by atoms with Gasteiger partial charge in [0.05, 0.1) is 37.3 Å². The molecule has 3 aromatic carbocycles. The van der Waals surface area contributed by atoms with Gasteiger partial charge in [0.2, 0.25) is 0 Å². The smallest absolute Gasteiger partial charge is 0.264 e. The molecule has 0 aliphatic carbocycles. The van der Waals surface area contributed by atoms with E-state index in [2.05, 4.69) is 10.0 Å². The highest BCUT2D eigenvalue weighted by molar-refractivity contribution is 7.93. The van der Waals surface area contributed by atoms with E-state index in [-0.39, 0.29) is 21.8 Å². The molecule has 0 bridgehead atoms. The van der Waals surface area contributed by atoms with Gasteiger partial charge in [-0.2, -0.15) is 0 Å². The lowest BCUT2D eigenvalue weighted by molar-refractivity contribution is 0.102. The number of hydrogen-bond donors (Lipinski definition) is 2. The van der Waals surface area contributed by atoms with Crippen LogP contribution >= 0.6 is 0 Å².